The molecule has 0 bridgehead atoms. The predicted molar refractivity (Wildman–Crippen MR) is 141 cm³/mol. The Morgan fingerprint density at radius 1 is 1.17 bits per heavy atom. The number of methoxy groups -OCH3 is 1. The Morgan fingerprint density at radius 2 is 1.89 bits per heavy atom. The van der Waals surface area contributed by atoms with E-state index in [4.69, 9.17) is 21.3 Å². The van der Waals surface area contributed by atoms with Crippen molar-refractivity contribution in [1.29, 1.82) is 0 Å². The molecule has 0 radical (unpaired) electrons. The number of aromatic nitrogens is 3. The molecule has 35 heavy (non-hydrogen) atoms. The minimum atomic E-state index is -0.294. The number of nitrogens with zero attached hydrogens (tertiary/aromatic N) is 5. The first kappa shape index (κ1) is 25.6. The van der Waals surface area contributed by atoms with Crippen LogP contribution in [0.5, 0.6) is 5.75 Å². The van der Waals surface area contributed by atoms with Crippen molar-refractivity contribution in [3.63, 3.8) is 0 Å². The van der Waals surface area contributed by atoms with E-state index in [-0.39, 0.29) is 11.4 Å². The summed E-state index contributed by atoms with van der Waals surface area (Å²) in [4.78, 5) is 14.3. The summed E-state index contributed by atoms with van der Waals surface area (Å²) in [7, 11) is 4.00. The Bertz CT molecular complexity index is 1110. The maximum Gasteiger partial charge on any atom is 0.142 e. The van der Waals surface area contributed by atoms with Crippen molar-refractivity contribution in [2.45, 2.75) is 44.8 Å². The number of pyridine rings is 1. The first-order valence-corrected chi connectivity index (χ1v) is 12.7. The van der Waals surface area contributed by atoms with E-state index in [2.05, 4.69) is 46.4 Å². The van der Waals surface area contributed by atoms with Gasteiger partial charge in [0.2, 0.25) is 0 Å². The topological polar surface area (TPSA) is 66.7 Å². The van der Waals surface area contributed by atoms with Crippen LogP contribution in [0.2, 0.25) is 5.02 Å². The molecule has 2 aromatic heterocycles. The monoisotopic (exact) mass is 497 g/mol. The maximum atomic E-state index is 10.2. The van der Waals surface area contributed by atoms with Crippen molar-refractivity contribution in [3.8, 4) is 28.4 Å². The zero-order valence-corrected chi connectivity index (χ0v) is 21.9. The first-order valence-electron chi connectivity index (χ1n) is 12.3. The summed E-state index contributed by atoms with van der Waals surface area (Å²) in [6.45, 7) is 8.45. The smallest absolute Gasteiger partial charge is 0.142 e. The maximum absolute atomic E-state index is 10.2. The number of phenols is 1. The minimum absolute atomic E-state index is 0.0554. The van der Waals surface area contributed by atoms with Crippen molar-refractivity contribution in [2.24, 2.45) is 0 Å². The molecule has 0 aliphatic carbocycles. The summed E-state index contributed by atoms with van der Waals surface area (Å²) in [5.41, 5.74) is 2.34. The lowest BCUT2D eigenvalue weighted by Crippen LogP contribution is -2.54. The van der Waals surface area contributed by atoms with E-state index >= 15 is 0 Å². The quantitative estimate of drug-likeness (QED) is 0.444. The third-order valence-corrected chi connectivity index (χ3v) is 7.87. The fourth-order valence-electron chi connectivity index (χ4n) is 5.00. The van der Waals surface area contributed by atoms with Crippen molar-refractivity contribution >= 4 is 11.6 Å². The number of hydrogen-bond donors (Lipinski definition) is 1. The Morgan fingerprint density at radius 3 is 2.51 bits per heavy atom. The average molecular weight is 498 g/mol. The number of aromatic hydroxyl groups is 1. The third-order valence-electron chi connectivity index (χ3n) is 7.55. The van der Waals surface area contributed by atoms with E-state index in [1.165, 1.54) is 0 Å². The van der Waals surface area contributed by atoms with Gasteiger partial charge in [0.05, 0.1) is 23.0 Å². The molecule has 1 aliphatic rings. The molecule has 1 fully saturated rings. The second-order valence-electron chi connectivity index (χ2n) is 9.47. The molecule has 1 aromatic carbocycles. The summed E-state index contributed by atoms with van der Waals surface area (Å²) >= 11 is 6.06. The van der Waals surface area contributed by atoms with Crippen LogP contribution in [-0.2, 0) is 10.4 Å². The van der Waals surface area contributed by atoms with Gasteiger partial charge in [0.1, 0.15) is 11.6 Å². The predicted octanol–water partition coefficient (Wildman–Crippen LogP) is 5.10. The number of rotatable bonds is 9. The summed E-state index contributed by atoms with van der Waals surface area (Å²) in [6.07, 6.45) is 8.84. The molecule has 1 unspecified atom stereocenters. The molecule has 8 heteroatoms. The van der Waals surface area contributed by atoms with Crippen LogP contribution in [0.3, 0.4) is 0 Å². The van der Waals surface area contributed by atoms with Crippen molar-refractivity contribution in [2.75, 3.05) is 40.4 Å². The number of phenolic OH excluding ortho intramolecular Hbond substituents is 1. The van der Waals surface area contributed by atoms with Crippen LogP contribution < -0.4 is 0 Å². The van der Waals surface area contributed by atoms with Crippen LogP contribution >= 0.6 is 11.6 Å². The molecule has 1 N–H and O–H groups in total. The van der Waals surface area contributed by atoms with Crippen molar-refractivity contribution in [3.05, 3.63) is 53.9 Å². The van der Waals surface area contributed by atoms with E-state index < -0.39 is 0 Å². The van der Waals surface area contributed by atoms with Crippen LogP contribution in [0.15, 0.2) is 48.9 Å². The van der Waals surface area contributed by atoms with E-state index in [0.29, 0.717) is 11.1 Å². The van der Waals surface area contributed by atoms with Gasteiger partial charge in [-0.2, -0.15) is 0 Å². The van der Waals surface area contributed by atoms with Gasteiger partial charge in [-0.3, -0.25) is 9.88 Å². The molecule has 0 saturated carbocycles. The zero-order valence-electron chi connectivity index (χ0n) is 21.1. The molecule has 0 spiro atoms. The Balaban J connectivity index is 1.70. The lowest BCUT2D eigenvalue weighted by molar-refractivity contribution is -0.00909. The lowest BCUT2D eigenvalue weighted by Gasteiger charge is -2.47. The van der Waals surface area contributed by atoms with Gasteiger partial charge in [0.15, 0.2) is 0 Å². The van der Waals surface area contributed by atoms with Crippen molar-refractivity contribution in [1.82, 2.24) is 24.3 Å². The summed E-state index contributed by atoms with van der Waals surface area (Å²) in [5, 5.41) is 10.5. The first-order chi connectivity index (χ1) is 16.9. The molecule has 7 nitrogen and oxygen atoms in total. The Kier molecular flexibility index (Phi) is 8.12. The molecule has 188 valence electrons. The average Bonchev–Trinajstić information content (AvgIpc) is 3.35. The molecule has 1 atom stereocenters. The van der Waals surface area contributed by atoms with Gasteiger partial charge in [-0.15, -0.1) is 0 Å². The van der Waals surface area contributed by atoms with Gasteiger partial charge < -0.3 is 19.3 Å². The number of halogens is 1. The number of imidazole rings is 1. The van der Waals surface area contributed by atoms with Crippen LogP contribution in [0.1, 0.15) is 33.1 Å². The van der Waals surface area contributed by atoms with E-state index in [9.17, 15) is 5.11 Å². The number of ether oxygens (including phenoxy) is 1. The number of likely N-dealkylation sites (tertiary alicyclic amines) is 1. The molecule has 1 saturated heterocycles. The van der Waals surface area contributed by atoms with Gasteiger partial charge in [-0.05, 0) is 70.6 Å². The Labute approximate surface area is 213 Å². The molecule has 3 aromatic rings. The van der Waals surface area contributed by atoms with Gasteiger partial charge in [0, 0.05) is 49.4 Å². The van der Waals surface area contributed by atoms with Gasteiger partial charge >= 0.3 is 0 Å². The van der Waals surface area contributed by atoms with Crippen molar-refractivity contribution < 1.29 is 9.84 Å². The van der Waals surface area contributed by atoms with Gasteiger partial charge in [-0.25, -0.2) is 4.98 Å². The highest BCUT2D eigenvalue weighted by Crippen LogP contribution is 2.37. The highest BCUT2D eigenvalue weighted by atomic mass is 35.5. The number of piperidine rings is 1. The summed E-state index contributed by atoms with van der Waals surface area (Å²) < 4.78 is 7.56. The third kappa shape index (κ3) is 5.38. The van der Waals surface area contributed by atoms with Gasteiger partial charge in [0.25, 0.3) is 0 Å². The zero-order chi connectivity index (χ0) is 25.0. The van der Waals surface area contributed by atoms with Crippen LogP contribution in [-0.4, -0.2) is 75.9 Å². The van der Waals surface area contributed by atoms with E-state index in [1.807, 2.05) is 18.2 Å². The summed E-state index contributed by atoms with van der Waals surface area (Å²) in [6, 6.07) is 9.73. The fourth-order valence-corrected chi connectivity index (χ4v) is 5.11. The molecular formula is C27H36ClN5O2. The molecule has 3 heterocycles. The summed E-state index contributed by atoms with van der Waals surface area (Å²) in [5.74, 6) is 0.936. The van der Waals surface area contributed by atoms with E-state index in [1.54, 1.807) is 31.6 Å². The molecule has 1 aliphatic heterocycles. The standard InChI is InChI=1S/C27H36ClN5O2/c1-5-27(2,31(3)22-10-14-32(15-11-22)16-17-35-4)33-19-24(21-6-7-23(28)25(34)18-21)30-26(33)20-8-12-29-13-9-20/h6-9,12-13,18-19,22,34H,5,10-11,14-17H2,1-4H3. The van der Waals surface area contributed by atoms with Gasteiger partial charge in [-0.1, -0.05) is 24.6 Å². The SMILES string of the molecule is CCC(C)(N(C)C1CCN(CCOC)CC1)n1cc(-c2ccc(Cl)c(O)c2)nc1-c1ccncc1. The molecular weight excluding hydrogens is 462 g/mol. The Hall–Kier alpha value is -2.45. The van der Waals surface area contributed by atoms with Crippen LogP contribution in [0.4, 0.5) is 0 Å². The van der Waals surface area contributed by atoms with Crippen LogP contribution in [0.25, 0.3) is 22.6 Å². The molecule has 4 rings (SSSR count). The lowest BCUT2D eigenvalue weighted by atomic mass is 9.97. The number of hydrogen-bond acceptors (Lipinski definition) is 6. The van der Waals surface area contributed by atoms with E-state index in [0.717, 1.165) is 68.1 Å². The van der Waals surface area contributed by atoms with Crippen LogP contribution in [0, 0.1) is 0 Å². The highest BCUT2D eigenvalue weighted by Gasteiger charge is 2.37. The number of benzene rings is 1. The highest BCUT2D eigenvalue weighted by molar-refractivity contribution is 6.32. The minimum Gasteiger partial charge on any atom is -0.506 e. The largest absolute Gasteiger partial charge is 0.506 e. The fraction of sp³-hybridized carbons (Fsp3) is 0.481. The normalized spacial score (nSPS) is 17.1. The second kappa shape index (κ2) is 11.1. The molecule has 0 amide bonds. The second-order valence-corrected chi connectivity index (χ2v) is 9.88.